The first-order valence-electron chi connectivity index (χ1n) is 5.95. The molecule has 0 aliphatic carbocycles. The standard InChI is InChI=1S/C13H15BrFN3/c1-17-5-2-6-18(8-7-17)11-4-3-10(9-16)12(14)13(11)15/h3-4H,2,5-8H2,1H3. The van der Waals surface area contributed by atoms with E-state index in [0.29, 0.717) is 11.3 Å². The maximum atomic E-state index is 14.2. The fourth-order valence-corrected chi connectivity index (χ4v) is 2.58. The Morgan fingerprint density at radius 3 is 2.78 bits per heavy atom. The molecule has 5 heteroatoms. The average molecular weight is 312 g/mol. The van der Waals surface area contributed by atoms with E-state index in [-0.39, 0.29) is 10.3 Å². The molecular formula is C13H15BrFN3. The number of benzene rings is 1. The molecule has 1 saturated heterocycles. The molecule has 18 heavy (non-hydrogen) atoms. The highest BCUT2D eigenvalue weighted by atomic mass is 79.9. The van der Waals surface area contributed by atoms with Crippen LogP contribution in [0.2, 0.25) is 0 Å². The van der Waals surface area contributed by atoms with Gasteiger partial charge in [-0.05, 0) is 48.1 Å². The summed E-state index contributed by atoms with van der Waals surface area (Å²) in [5.41, 5.74) is 0.916. The maximum Gasteiger partial charge on any atom is 0.161 e. The summed E-state index contributed by atoms with van der Waals surface area (Å²) in [7, 11) is 2.08. The van der Waals surface area contributed by atoms with E-state index >= 15 is 0 Å². The second kappa shape index (κ2) is 5.68. The molecular weight excluding hydrogens is 297 g/mol. The molecule has 0 radical (unpaired) electrons. The molecule has 96 valence electrons. The average Bonchev–Trinajstić information content (AvgIpc) is 2.58. The zero-order chi connectivity index (χ0) is 13.1. The van der Waals surface area contributed by atoms with Crippen molar-refractivity contribution < 1.29 is 4.39 Å². The van der Waals surface area contributed by atoms with Gasteiger partial charge in [0, 0.05) is 19.6 Å². The van der Waals surface area contributed by atoms with E-state index in [2.05, 4.69) is 27.9 Å². The number of hydrogen-bond donors (Lipinski definition) is 0. The molecule has 3 nitrogen and oxygen atoms in total. The van der Waals surface area contributed by atoms with Gasteiger partial charge in [0.1, 0.15) is 6.07 Å². The van der Waals surface area contributed by atoms with Crippen LogP contribution in [0.25, 0.3) is 0 Å². The fourth-order valence-electron chi connectivity index (χ4n) is 2.16. The third-order valence-corrected chi connectivity index (χ3v) is 4.02. The molecule has 1 aromatic carbocycles. The quantitative estimate of drug-likeness (QED) is 0.798. The van der Waals surface area contributed by atoms with Crippen LogP contribution in [0.3, 0.4) is 0 Å². The highest BCUT2D eigenvalue weighted by Crippen LogP contribution is 2.29. The van der Waals surface area contributed by atoms with Gasteiger partial charge in [0.2, 0.25) is 0 Å². The number of nitriles is 1. The Bertz CT molecular complexity index is 484. The highest BCUT2D eigenvalue weighted by Gasteiger charge is 2.18. The van der Waals surface area contributed by atoms with Crippen LogP contribution >= 0.6 is 15.9 Å². The minimum atomic E-state index is -0.335. The van der Waals surface area contributed by atoms with E-state index in [1.807, 2.05) is 11.0 Å². The summed E-state index contributed by atoms with van der Waals surface area (Å²) in [6, 6.07) is 5.33. The zero-order valence-electron chi connectivity index (χ0n) is 10.3. The highest BCUT2D eigenvalue weighted by molar-refractivity contribution is 9.10. The van der Waals surface area contributed by atoms with E-state index in [0.717, 1.165) is 32.6 Å². The minimum absolute atomic E-state index is 0.264. The summed E-state index contributed by atoms with van der Waals surface area (Å²) in [6.45, 7) is 3.62. The molecule has 1 aromatic rings. The second-order valence-corrected chi connectivity index (χ2v) is 5.31. The van der Waals surface area contributed by atoms with Crippen molar-refractivity contribution in [2.75, 3.05) is 38.1 Å². The molecule has 1 aliphatic rings. The molecule has 1 aliphatic heterocycles. The summed E-state index contributed by atoms with van der Waals surface area (Å²) < 4.78 is 14.5. The van der Waals surface area contributed by atoms with Crippen LogP contribution in [-0.4, -0.2) is 38.1 Å². The topological polar surface area (TPSA) is 30.3 Å². The Balaban J connectivity index is 2.28. The molecule has 1 fully saturated rings. The second-order valence-electron chi connectivity index (χ2n) is 4.52. The first-order valence-corrected chi connectivity index (χ1v) is 6.74. The number of nitrogens with zero attached hydrogens (tertiary/aromatic N) is 3. The van der Waals surface area contributed by atoms with E-state index < -0.39 is 0 Å². The van der Waals surface area contributed by atoms with Gasteiger partial charge >= 0.3 is 0 Å². The van der Waals surface area contributed by atoms with Crippen LogP contribution in [0, 0.1) is 17.1 Å². The van der Waals surface area contributed by atoms with Crippen molar-refractivity contribution in [3.05, 3.63) is 28.0 Å². The predicted molar refractivity (Wildman–Crippen MR) is 73.1 cm³/mol. The van der Waals surface area contributed by atoms with Crippen molar-refractivity contribution in [1.82, 2.24) is 4.90 Å². The van der Waals surface area contributed by atoms with Gasteiger partial charge in [0.05, 0.1) is 15.7 Å². The summed E-state index contributed by atoms with van der Waals surface area (Å²) in [5.74, 6) is -0.335. The number of rotatable bonds is 1. The molecule has 0 amide bonds. The van der Waals surface area contributed by atoms with Gasteiger partial charge in [-0.2, -0.15) is 5.26 Å². The minimum Gasteiger partial charge on any atom is -0.368 e. The molecule has 0 bridgehead atoms. The molecule has 1 heterocycles. The van der Waals surface area contributed by atoms with Crippen LogP contribution < -0.4 is 4.90 Å². The first kappa shape index (κ1) is 13.3. The van der Waals surface area contributed by atoms with Gasteiger partial charge in [-0.3, -0.25) is 0 Å². The van der Waals surface area contributed by atoms with Crippen LogP contribution in [0.1, 0.15) is 12.0 Å². The number of anilines is 1. The molecule has 0 unspecified atom stereocenters. The van der Waals surface area contributed by atoms with Crippen molar-refractivity contribution >= 4 is 21.6 Å². The lowest BCUT2D eigenvalue weighted by atomic mass is 10.2. The van der Waals surface area contributed by atoms with Crippen molar-refractivity contribution in [2.24, 2.45) is 0 Å². The Morgan fingerprint density at radius 1 is 1.28 bits per heavy atom. The van der Waals surface area contributed by atoms with Crippen molar-refractivity contribution in [3.8, 4) is 6.07 Å². The Hall–Kier alpha value is -1.12. The van der Waals surface area contributed by atoms with E-state index in [1.54, 1.807) is 12.1 Å². The fraction of sp³-hybridized carbons (Fsp3) is 0.462. The third-order valence-electron chi connectivity index (χ3n) is 3.24. The molecule has 0 saturated carbocycles. The Labute approximate surface area is 115 Å². The van der Waals surface area contributed by atoms with E-state index in [1.165, 1.54) is 0 Å². The molecule has 0 atom stereocenters. The van der Waals surface area contributed by atoms with Gasteiger partial charge in [0.15, 0.2) is 5.82 Å². The van der Waals surface area contributed by atoms with E-state index in [4.69, 9.17) is 5.26 Å². The van der Waals surface area contributed by atoms with E-state index in [9.17, 15) is 4.39 Å². The largest absolute Gasteiger partial charge is 0.368 e. The molecule has 2 rings (SSSR count). The van der Waals surface area contributed by atoms with Crippen LogP contribution in [0.5, 0.6) is 0 Å². The Kier molecular flexibility index (Phi) is 4.20. The number of likely N-dealkylation sites (N-methyl/N-ethyl adjacent to an activating group) is 1. The van der Waals surface area contributed by atoms with Crippen LogP contribution in [0.4, 0.5) is 10.1 Å². The van der Waals surface area contributed by atoms with Crippen LogP contribution in [-0.2, 0) is 0 Å². The van der Waals surface area contributed by atoms with Crippen molar-refractivity contribution in [1.29, 1.82) is 5.26 Å². The van der Waals surface area contributed by atoms with Gasteiger partial charge in [-0.1, -0.05) is 0 Å². The third kappa shape index (κ3) is 2.65. The normalized spacial score (nSPS) is 17.3. The lowest BCUT2D eigenvalue weighted by molar-refractivity contribution is 0.360. The smallest absolute Gasteiger partial charge is 0.161 e. The zero-order valence-corrected chi connectivity index (χ0v) is 11.9. The Morgan fingerprint density at radius 2 is 2.06 bits per heavy atom. The molecule has 0 aromatic heterocycles. The van der Waals surface area contributed by atoms with Crippen LogP contribution in [0.15, 0.2) is 16.6 Å². The monoisotopic (exact) mass is 311 g/mol. The molecule has 0 N–H and O–H groups in total. The molecule has 0 spiro atoms. The summed E-state index contributed by atoms with van der Waals surface area (Å²) in [6.07, 6.45) is 1.02. The lowest BCUT2D eigenvalue weighted by Gasteiger charge is -2.23. The number of halogens is 2. The lowest BCUT2D eigenvalue weighted by Crippen LogP contribution is -2.29. The number of hydrogen-bond acceptors (Lipinski definition) is 3. The van der Waals surface area contributed by atoms with Gasteiger partial charge in [-0.15, -0.1) is 0 Å². The predicted octanol–water partition coefficient (Wildman–Crippen LogP) is 2.60. The first-order chi connectivity index (χ1) is 8.63. The van der Waals surface area contributed by atoms with Gasteiger partial charge in [0.25, 0.3) is 0 Å². The van der Waals surface area contributed by atoms with Crippen molar-refractivity contribution in [3.63, 3.8) is 0 Å². The SMILES string of the molecule is CN1CCCN(c2ccc(C#N)c(Br)c2F)CC1. The van der Waals surface area contributed by atoms with Gasteiger partial charge in [-0.25, -0.2) is 4.39 Å². The summed E-state index contributed by atoms with van der Waals surface area (Å²) >= 11 is 3.15. The summed E-state index contributed by atoms with van der Waals surface area (Å²) in [4.78, 5) is 4.29. The van der Waals surface area contributed by atoms with Crippen molar-refractivity contribution in [2.45, 2.75) is 6.42 Å². The maximum absolute atomic E-state index is 14.2. The summed E-state index contributed by atoms with van der Waals surface area (Å²) in [5, 5.41) is 8.86. The van der Waals surface area contributed by atoms with Gasteiger partial charge < -0.3 is 9.80 Å².